The fraction of sp³-hybridized carbons (Fsp3) is 0.381. The highest BCUT2D eigenvalue weighted by Crippen LogP contribution is 2.35. The lowest BCUT2D eigenvalue weighted by atomic mass is 9.83. The molecule has 1 saturated heterocycles. The van der Waals surface area contributed by atoms with E-state index in [0.717, 1.165) is 16.6 Å². The second-order valence-corrected chi connectivity index (χ2v) is 11.7. The molecule has 0 aliphatic carbocycles. The van der Waals surface area contributed by atoms with Crippen molar-refractivity contribution in [3.63, 3.8) is 0 Å². The average molecular weight is 579 g/mol. The van der Waals surface area contributed by atoms with Crippen LogP contribution in [0.15, 0.2) is 51.7 Å². The number of hydrogen-bond donors (Lipinski definition) is 2. The summed E-state index contributed by atoms with van der Waals surface area (Å²) < 4.78 is 0.876. The third-order valence-corrected chi connectivity index (χ3v) is 7.30. The third-order valence-electron chi connectivity index (χ3n) is 5.74. The zero-order valence-electron chi connectivity index (χ0n) is 16.7. The van der Waals surface area contributed by atoms with E-state index in [2.05, 4.69) is 26.6 Å². The molecule has 0 saturated carbocycles. The molecule has 2 aromatic rings. The van der Waals surface area contributed by atoms with Crippen molar-refractivity contribution in [2.24, 2.45) is 5.92 Å². The number of nitrogens with zero attached hydrogens (tertiary/aromatic N) is 2. The van der Waals surface area contributed by atoms with Crippen molar-refractivity contribution in [1.82, 2.24) is 20.1 Å². The quantitative estimate of drug-likeness (QED) is 0.327. The molecule has 2 aliphatic heterocycles. The van der Waals surface area contributed by atoms with Gasteiger partial charge in [0, 0.05) is 47.3 Å². The summed E-state index contributed by atoms with van der Waals surface area (Å²) in [5.74, 6) is 0.0670. The minimum Gasteiger partial charge on any atom is -0.348 e. The van der Waals surface area contributed by atoms with Crippen LogP contribution in [-0.2, 0) is 6.54 Å². The van der Waals surface area contributed by atoms with Crippen LogP contribution in [0.4, 0.5) is 0 Å². The van der Waals surface area contributed by atoms with Gasteiger partial charge in [0.1, 0.15) is 6.17 Å². The molecule has 0 radical (unpaired) electrons. The maximum Gasteiger partial charge on any atom is 0.252 e. The monoisotopic (exact) mass is 576 g/mol. The van der Waals surface area contributed by atoms with Gasteiger partial charge in [-0.1, -0.05) is 56.8 Å². The zero-order valence-corrected chi connectivity index (χ0v) is 21.4. The Morgan fingerprint density at radius 1 is 1.09 bits per heavy atom. The first-order valence-corrected chi connectivity index (χ1v) is 12.3. The van der Waals surface area contributed by atoms with Crippen molar-refractivity contribution in [2.45, 2.75) is 28.8 Å². The molecule has 3 heterocycles. The normalized spacial score (nSPS) is 20.8. The number of likely N-dealkylation sites (tertiary alicyclic amines) is 1. The van der Waals surface area contributed by atoms with Crippen molar-refractivity contribution in [3.8, 4) is 0 Å². The first-order chi connectivity index (χ1) is 15.1. The van der Waals surface area contributed by atoms with E-state index in [0.29, 0.717) is 30.3 Å². The van der Waals surface area contributed by atoms with Gasteiger partial charge in [-0.2, -0.15) is 0 Å². The van der Waals surface area contributed by atoms with Crippen LogP contribution < -0.4 is 16.2 Å². The summed E-state index contributed by atoms with van der Waals surface area (Å²) in [6, 6.07) is 12.2. The number of alkyl halides is 3. The highest BCUT2D eigenvalue weighted by atomic mass is 79.9. The highest BCUT2D eigenvalue weighted by Gasteiger charge is 2.39. The van der Waals surface area contributed by atoms with Crippen molar-refractivity contribution in [1.29, 1.82) is 0 Å². The molecule has 3 atom stereocenters. The summed E-state index contributed by atoms with van der Waals surface area (Å²) in [7, 11) is 0. The van der Waals surface area contributed by atoms with E-state index in [9.17, 15) is 9.59 Å². The van der Waals surface area contributed by atoms with Gasteiger partial charge >= 0.3 is 0 Å². The molecule has 1 aromatic heterocycles. The number of carbonyl (C=O) groups is 1. The molecular weight excluding hydrogens is 559 g/mol. The summed E-state index contributed by atoms with van der Waals surface area (Å²) in [6.07, 6.45) is -0.0376. The number of rotatable bonds is 3. The fourth-order valence-corrected chi connectivity index (χ4v) is 5.15. The molecule has 2 aliphatic rings. The number of pyridine rings is 1. The number of halogens is 4. The molecule has 1 aromatic carbocycles. The molecule has 4 rings (SSSR count). The maximum atomic E-state index is 12.7. The topological polar surface area (TPSA) is 66.4 Å². The second kappa shape index (κ2) is 9.50. The van der Waals surface area contributed by atoms with Crippen LogP contribution in [-0.4, -0.2) is 43.5 Å². The Labute approximate surface area is 214 Å². The molecule has 1 unspecified atom stereocenters. The van der Waals surface area contributed by atoms with E-state index in [-0.39, 0.29) is 17.4 Å². The molecule has 2 bridgehead atoms. The minimum atomic E-state index is -1.83. The van der Waals surface area contributed by atoms with E-state index in [1.165, 1.54) is 0 Å². The number of hydrogen-bond acceptors (Lipinski definition) is 3. The summed E-state index contributed by atoms with van der Waals surface area (Å²) in [5.41, 5.74) is 1.47. The lowest BCUT2D eigenvalue weighted by Crippen LogP contribution is -2.60. The van der Waals surface area contributed by atoms with Crippen LogP contribution in [0.2, 0.25) is 0 Å². The Kier molecular flexibility index (Phi) is 7.08. The summed E-state index contributed by atoms with van der Waals surface area (Å²) in [6.45, 7) is 1.97. The fourth-order valence-electron chi connectivity index (χ4n) is 4.29. The third kappa shape index (κ3) is 5.25. The van der Waals surface area contributed by atoms with Gasteiger partial charge in [0.2, 0.25) is 3.79 Å². The Morgan fingerprint density at radius 3 is 2.50 bits per heavy atom. The molecule has 1 fully saturated rings. The van der Waals surface area contributed by atoms with E-state index in [4.69, 9.17) is 47.0 Å². The second-order valence-electron chi connectivity index (χ2n) is 8.01. The number of piperidine rings is 1. The Bertz CT molecular complexity index is 1090. The summed E-state index contributed by atoms with van der Waals surface area (Å²) >= 11 is 27.4. The van der Waals surface area contributed by atoms with E-state index >= 15 is 0 Å². The van der Waals surface area contributed by atoms with E-state index in [1.54, 1.807) is 36.4 Å². The van der Waals surface area contributed by atoms with Crippen molar-refractivity contribution in [2.75, 3.05) is 13.1 Å². The maximum absolute atomic E-state index is 12.7. The standard InChI is InChI=1S/C21H20BrCl3N4O2S/c22-15-6-4-13(5-7-15)18(31)26-19(21(23,24)25)27-20(32)28-9-12-8-14(11-28)16-2-1-3-17(30)29(16)10-12/h1-7,12,14,19H,8-11H2,(H,26,31)(H,27,32)/t12-,14+,19?/m0/s1. The zero-order chi connectivity index (χ0) is 23.0. The predicted octanol–water partition coefficient (Wildman–Crippen LogP) is 4.03. The van der Waals surface area contributed by atoms with Gasteiger partial charge in [-0.3, -0.25) is 9.59 Å². The molecule has 32 heavy (non-hydrogen) atoms. The highest BCUT2D eigenvalue weighted by molar-refractivity contribution is 9.10. The SMILES string of the molecule is O=C(NC(NC(=S)N1C[C@@H]2C[C@H](C1)c1cccc(=O)n1C2)C(Cl)(Cl)Cl)c1ccc(Br)cc1. The number of amides is 1. The van der Waals surface area contributed by atoms with Gasteiger partial charge < -0.3 is 20.1 Å². The van der Waals surface area contributed by atoms with Crippen molar-refractivity contribution >= 4 is 74.0 Å². The van der Waals surface area contributed by atoms with Gasteiger partial charge in [-0.05, 0) is 54.9 Å². The van der Waals surface area contributed by atoms with Gasteiger partial charge in [-0.25, -0.2) is 0 Å². The Balaban J connectivity index is 1.47. The van der Waals surface area contributed by atoms with Crippen molar-refractivity contribution < 1.29 is 4.79 Å². The minimum absolute atomic E-state index is 0.0262. The lowest BCUT2D eigenvalue weighted by Gasteiger charge is -2.44. The smallest absolute Gasteiger partial charge is 0.252 e. The number of aromatic nitrogens is 1. The molecule has 2 N–H and O–H groups in total. The first-order valence-electron chi connectivity index (χ1n) is 10.00. The molecule has 11 heteroatoms. The van der Waals surface area contributed by atoms with Crippen LogP contribution in [0, 0.1) is 5.92 Å². The van der Waals surface area contributed by atoms with Crippen LogP contribution in [0.25, 0.3) is 0 Å². The number of benzene rings is 1. The van der Waals surface area contributed by atoms with Crippen LogP contribution in [0.3, 0.4) is 0 Å². The van der Waals surface area contributed by atoms with Gasteiger partial charge in [0.05, 0.1) is 0 Å². The Hall–Kier alpha value is -1.32. The molecule has 1 amide bonds. The molecule has 170 valence electrons. The van der Waals surface area contributed by atoms with E-state index in [1.807, 2.05) is 15.5 Å². The van der Waals surface area contributed by atoms with Gasteiger partial charge in [-0.15, -0.1) is 0 Å². The lowest BCUT2D eigenvalue weighted by molar-refractivity contribution is 0.0932. The Morgan fingerprint density at radius 2 is 1.81 bits per heavy atom. The van der Waals surface area contributed by atoms with Crippen LogP contribution >= 0.6 is 63.0 Å². The summed E-state index contributed by atoms with van der Waals surface area (Å²) in [5, 5.41) is 6.12. The van der Waals surface area contributed by atoms with Crippen molar-refractivity contribution in [3.05, 3.63) is 68.5 Å². The molecule has 0 spiro atoms. The van der Waals surface area contributed by atoms with Crippen LogP contribution in [0.1, 0.15) is 28.4 Å². The largest absolute Gasteiger partial charge is 0.348 e. The first kappa shape index (κ1) is 23.8. The number of thiocarbonyl (C=S) groups is 1. The predicted molar refractivity (Wildman–Crippen MR) is 135 cm³/mol. The van der Waals surface area contributed by atoms with Gasteiger partial charge in [0.15, 0.2) is 5.11 Å². The van der Waals surface area contributed by atoms with Gasteiger partial charge in [0.25, 0.3) is 11.5 Å². The molecular formula is C21H20BrCl3N4O2S. The van der Waals surface area contributed by atoms with Crippen LogP contribution in [0.5, 0.6) is 0 Å². The number of nitrogens with one attached hydrogen (secondary N) is 2. The number of carbonyl (C=O) groups excluding carboxylic acids is 1. The summed E-state index contributed by atoms with van der Waals surface area (Å²) in [4.78, 5) is 26.9. The van der Waals surface area contributed by atoms with E-state index < -0.39 is 15.9 Å². The molecule has 6 nitrogen and oxygen atoms in total. The number of fused-ring (bicyclic) bond motifs is 4. The average Bonchev–Trinajstić information content (AvgIpc) is 2.73.